The molecule has 0 radical (unpaired) electrons. The molecule has 98 valence electrons. The van der Waals surface area contributed by atoms with Gasteiger partial charge in [0.25, 0.3) is 0 Å². The zero-order chi connectivity index (χ0) is 13.8. The molecule has 0 aliphatic carbocycles. The van der Waals surface area contributed by atoms with E-state index in [0.29, 0.717) is 11.4 Å². The maximum absolute atomic E-state index is 11.9. The zero-order valence-corrected chi connectivity index (χ0v) is 12.1. The normalized spacial score (nSPS) is 10.2. The van der Waals surface area contributed by atoms with E-state index in [0.717, 1.165) is 15.7 Å². The second-order valence-corrected chi connectivity index (χ2v) is 5.15. The van der Waals surface area contributed by atoms with Crippen LogP contribution in [0.4, 0.5) is 11.4 Å². The third kappa shape index (κ3) is 3.79. The van der Waals surface area contributed by atoms with Crippen LogP contribution in [0.5, 0.6) is 0 Å². The topological polar surface area (TPSA) is 68.0 Å². The van der Waals surface area contributed by atoms with Crippen molar-refractivity contribution in [3.8, 4) is 0 Å². The molecule has 1 aromatic heterocycles. The first-order valence-electron chi connectivity index (χ1n) is 5.81. The molecule has 0 spiro atoms. The summed E-state index contributed by atoms with van der Waals surface area (Å²) < 4.78 is 0.858. The Balaban J connectivity index is 2.05. The number of aryl methyl sites for hydroxylation is 1. The Bertz CT molecular complexity index is 596. The minimum Gasteiger partial charge on any atom is -0.397 e. The van der Waals surface area contributed by atoms with Gasteiger partial charge in [-0.25, -0.2) is 0 Å². The number of amides is 1. The average Bonchev–Trinajstić information content (AvgIpc) is 2.37. The van der Waals surface area contributed by atoms with E-state index in [1.165, 1.54) is 0 Å². The fourth-order valence-electron chi connectivity index (χ4n) is 1.63. The van der Waals surface area contributed by atoms with Crippen LogP contribution in [-0.2, 0) is 11.2 Å². The molecule has 0 fully saturated rings. The van der Waals surface area contributed by atoms with Crippen LogP contribution in [-0.4, -0.2) is 10.9 Å². The lowest BCUT2D eigenvalue weighted by Gasteiger charge is -2.08. The van der Waals surface area contributed by atoms with E-state index in [1.807, 2.05) is 25.1 Å². The summed E-state index contributed by atoms with van der Waals surface area (Å²) in [6, 6.07) is 9.28. The molecule has 2 rings (SSSR count). The van der Waals surface area contributed by atoms with Crippen LogP contribution in [0.15, 0.2) is 41.0 Å². The monoisotopic (exact) mass is 319 g/mol. The molecule has 0 unspecified atom stereocenters. The highest BCUT2D eigenvalue weighted by molar-refractivity contribution is 9.10. The number of nitrogens with zero attached hydrogens (tertiary/aromatic N) is 1. The number of anilines is 2. The Morgan fingerprint density at radius 3 is 2.84 bits per heavy atom. The molecule has 4 nitrogen and oxygen atoms in total. The van der Waals surface area contributed by atoms with Gasteiger partial charge in [0.15, 0.2) is 0 Å². The van der Waals surface area contributed by atoms with Crippen molar-refractivity contribution in [1.29, 1.82) is 0 Å². The number of nitrogens with two attached hydrogens (primary N) is 1. The minimum atomic E-state index is -0.108. The summed E-state index contributed by atoms with van der Waals surface area (Å²) in [7, 11) is 0. The summed E-state index contributed by atoms with van der Waals surface area (Å²) in [5, 5.41) is 2.86. The van der Waals surface area contributed by atoms with Crippen LogP contribution in [0.2, 0.25) is 0 Å². The van der Waals surface area contributed by atoms with E-state index in [2.05, 4.69) is 26.2 Å². The quantitative estimate of drug-likeness (QED) is 0.914. The number of carbonyl (C=O) groups is 1. The summed E-state index contributed by atoms with van der Waals surface area (Å²) in [5.74, 6) is -0.108. The van der Waals surface area contributed by atoms with Gasteiger partial charge in [0.1, 0.15) is 0 Å². The number of pyridine rings is 1. The van der Waals surface area contributed by atoms with E-state index < -0.39 is 0 Å². The molecule has 1 aromatic carbocycles. The number of hydrogen-bond acceptors (Lipinski definition) is 3. The molecule has 19 heavy (non-hydrogen) atoms. The molecule has 1 amide bonds. The van der Waals surface area contributed by atoms with Crippen molar-refractivity contribution in [1.82, 2.24) is 4.98 Å². The summed E-state index contributed by atoms with van der Waals surface area (Å²) in [5.41, 5.74) is 8.68. The highest BCUT2D eigenvalue weighted by Crippen LogP contribution is 2.23. The standard InChI is InChI=1S/C14H14BrN3O/c1-9-2-5-12(15)13(6-9)18-14(19)7-11-4-3-10(16)8-17-11/h2-6,8H,7,16H2,1H3,(H,18,19). The Morgan fingerprint density at radius 1 is 1.37 bits per heavy atom. The number of nitrogens with one attached hydrogen (secondary N) is 1. The van der Waals surface area contributed by atoms with Gasteiger partial charge in [0.05, 0.1) is 24.0 Å². The highest BCUT2D eigenvalue weighted by atomic mass is 79.9. The van der Waals surface area contributed by atoms with Gasteiger partial charge in [-0.3, -0.25) is 9.78 Å². The SMILES string of the molecule is Cc1ccc(Br)c(NC(=O)Cc2ccc(N)cn2)c1. The van der Waals surface area contributed by atoms with Crippen LogP contribution in [0.3, 0.4) is 0 Å². The number of carbonyl (C=O) groups excluding carboxylic acids is 1. The minimum absolute atomic E-state index is 0.108. The lowest BCUT2D eigenvalue weighted by atomic mass is 10.2. The van der Waals surface area contributed by atoms with E-state index >= 15 is 0 Å². The Morgan fingerprint density at radius 2 is 2.16 bits per heavy atom. The first kappa shape index (κ1) is 13.5. The molecule has 0 atom stereocenters. The Kier molecular flexibility index (Phi) is 4.16. The summed E-state index contributed by atoms with van der Waals surface area (Å²) >= 11 is 3.41. The van der Waals surface area contributed by atoms with Crippen LogP contribution in [0.1, 0.15) is 11.3 Å². The van der Waals surface area contributed by atoms with Crippen molar-refractivity contribution in [3.63, 3.8) is 0 Å². The Hall–Kier alpha value is -1.88. The van der Waals surface area contributed by atoms with Gasteiger partial charge < -0.3 is 11.1 Å². The highest BCUT2D eigenvalue weighted by Gasteiger charge is 2.07. The van der Waals surface area contributed by atoms with Crippen molar-refractivity contribution in [2.75, 3.05) is 11.1 Å². The van der Waals surface area contributed by atoms with E-state index in [-0.39, 0.29) is 12.3 Å². The first-order valence-corrected chi connectivity index (χ1v) is 6.60. The molecule has 1 heterocycles. The van der Waals surface area contributed by atoms with Gasteiger partial charge in [0.2, 0.25) is 5.91 Å². The maximum atomic E-state index is 11.9. The van der Waals surface area contributed by atoms with Crippen LogP contribution < -0.4 is 11.1 Å². The van der Waals surface area contributed by atoms with E-state index in [1.54, 1.807) is 18.3 Å². The van der Waals surface area contributed by atoms with E-state index in [4.69, 9.17) is 5.73 Å². The van der Waals surface area contributed by atoms with Crippen molar-refractivity contribution in [3.05, 3.63) is 52.3 Å². The summed E-state index contributed by atoms with van der Waals surface area (Å²) in [6.45, 7) is 1.98. The van der Waals surface area contributed by atoms with Crippen molar-refractivity contribution < 1.29 is 4.79 Å². The van der Waals surface area contributed by atoms with Crippen molar-refractivity contribution >= 4 is 33.2 Å². The molecule has 5 heteroatoms. The van der Waals surface area contributed by atoms with Crippen LogP contribution >= 0.6 is 15.9 Å². The fraction of sp³-hybridized carbons (Fsp3) is 0.143. The van der Waals surface area contributed by atoms with Crippen molar-refractivity contribution in [2.45, 2.75) is 13.3 Å². The average molecular weight is 320 g/mol. The second kappa shape index (κ2) is 5.84. The molecule has 0 aliphatic heterocycles. The molecule has 0 saturated carbocycles. The van der Waals surface area contributed by atoms with Gasteiger partial charge in [-0.15, -0.1) is 0 Å². The Labute approximate surface area is 120 Å². The molecule has 2 aromatic rings. The lowest BCUT2D eigenvalue weighted by Crippen LogP contribution is -2.15. The predicted octanol–water partition coefficient (Wildman–Crippen LogP) is 2.92. The number of aromatic nitrogens is 1. The fourth-order valence-corrected chi connectivity index (χ4v) is 1.98. The smallest absolute Gasteiger partial charge is 0.230 e. The molecule has 0 saturated heterocycles. The van der Waals surface area contributed by atoms with Gasteiger partial charge >= 0.3 is 0 Å². The lowest BCUT2D eigenvalue weighted by molar-refractivity contribution is -0.115. The third-order valence-electron chi connectivity index (χ3n) is 2.59. The van der Waals surface area contributed by atoms with Gasteiger partial charge in [0, 0.05) is 10.2 Å². The van der Waals surface area contributed by atoms with Gasteiger partial charge in [-0.2, -0.15) is 0 Å². The number of hydrogen-bond donors (Lipinski definition) is 2. The van der Waals surface area contributed by atoms with Crippen LogP contribution in [0.25, 0.3) is 0 Å². The molecule has 0 aliphatic rings. The van der Waals surface area contributed by atoms with Crippen molar-refractivity contribution in [2.24, 2.45) is 0 Å². The van der Waals surface area contributed by atoms with E-state index in [9.17, 15) is 4.79 Å². The number of benzene rings is 1. The van der Waals surface area contributed by atoms with Crippen LogP contribution in [0, 0.1) is 6.92 Å². The largest absolute Gasteiger partial charge is 0.397 e. The molecule has 3 N–H and O–H groups in total. The molecular weight excluding hydrogens is 306 g/mol. The first-order chi connectivity index (χ1) is 9.04. The number of halogens is 1. The van der Waals surface area contributed by atoms with Gasteiger partial charge in [-0.05, 0) is 52.7 Å². The summed E-state index contributed by atoms with van der Waals surface area (Å²) in [6.07, 6.45) is 1.77. The molecular formula is C14H14BrN3O. The molecule has 0 bridgehead atoms. The maximum Gasteiger partial charge on any atom is 0.230 e. The third-order valence-corrected chi connectivity index (χ3v) is 3.28. The summed E-state index contributed by atoms with van der Waals surface area (Å²) in [4.78, 5) is 16.0. The number of nitrogen functional groups attached to an aromatic ring is 1. The second-order valence-electron chi connectivity index (χ2n) is 4.29. The predicted molar refractivity (Wildman–Crippen MR) is 79.9 cm³/mol. The number of rotatable bonds is 3. The zero-order valence-electron chi connectivity index (χ0n) is 10.5. The van der Waals surface area contributed by atoms with Gasteiger partial charge in [-0.1, -0.05) is 6.07 Å².